The second-order valence-corrected chi connectivity index (χ2v) is 5.64. The van der Waals surface area contributed by atoms with Crippen LogP contribution in [0, 0.1) is 0 Å². The van der Waals surface area contributed by atoms with E-state index in [0.717, 1.165) is 12.8 Å². The molecule has 1 amide bonds. The van der Waals surface area contributed by atoms with Crippen molar-refractivity contribution in [3.8, 4) is 0 Å². The zero-order valence-corrected chi connectivity index (χ0v) is 9.30. The molecule has 0 aromatic rings. The summed E-state index contributed by atoms with van der Waals surface area (Å²) in [6.45, 7) is 2.41. The van der Waals surface area contributed by atoms with Crippen LogP contribution in [0.15, 0.2) is 0 Å². The first-order valence-electron chi connectivity index (χ1n) is 4.62. The fourth-order valence-corrected chi connectivity index (χ4v) is 2.56. The van der Waals surface area contributed by atoms with Crippen LogP contribution in [-0.4, -0.2) is 44.0 Å². The van der Waals surface area contributed by atoms with Gasteiger partial charge in [-0.05, 0) is 12.8 Å². The van der Waals surface area contributed by atoms with Crippen molar-refractivity contribution in [1.82, 2.24) is 9.62 Å². The number of sulfonamides is 1. The highest BCUT2D eigenvalue weighted by atomic mass is 32.2. The third-order valence-electron chi connectivity index (χ3n) is 2.26. The van der Waals surface area contributed by atoms with Gasteiger partial charge in [-0.25, -0.2) is 12.7 Å². The number of carbonyl (C=O) groups excluding carboxylic acids is 1. The molecule has 0 aromatic carbocycles. The third kappa shape index (κ3) is 3.26. The zero-order chi connectivity index (χ0) is 10.8. The Hall–Kier alpha value is -0.620. The molecule has 1 fully saturated rings. The third-order valence-corrected chi connectivity index (χ3v) is 3.53. The molecule has 0 saturated carbocycles. The Morgan fingerprint density at radius 2 is 2.14 bits per heavy atom. The molecule has 14 heavy (non-hydrogen) atoms. The summed E-state index contributed by atoms with van der Waals surface area (Å²) in [5, 5.41) is 2.74. The summed E-state index contributed by atoms with van der Waals surface area (Å²) in [6.07, 6.45) is 2.85. The van der Waals surface area contributed by atoms with Crippen molar-refractivity contribution in [3.05, 3.63) is 0 Å². The van der Waals surface area contributed by atoms with Gasteiger partial charge in [-0.3, -0.25) is 4.79 Å². The number of nitrogens with zero attached hydrogens (tertiary/aromatic N) is 1. The highest BCUT2D eigenvalue weighted by Crippen LogP contribution is 2.12. The minimum atomic E-state index is -3.11. The lowest BCUT2D eigenvalue weighted by Crippen LogP contribution is -2.48. The van der Waals surface area contributed by atoms with Crippen LogP contribution in [0.25, 0.3) is 0 Å². The Balaban J connectivity index is 2.56. The molecule has 1 heterocycles. The Labute approximate surface area is 84.5 Å². The predicted molar refractivity (Wildman–Crippen MR) is 53.3 cm³/mol. The highest BCUT2D eigenvalue weighted by Gasteiger charge is 2.25. The molecule has 6 heteroatoms. The molecule has 1 aliphatic rings. The first kappa shape index (κ1) is 11.5. The van der Waals surface area contributed by atoms with Crippen LogP contribution in [0.3, 0.4) is 0 Å². The lowest BCUT2D eigenvalue weighted by Gasteiger charge is -2.31. The van der Waals surface area contributed by atoms with E-state index in [9.17, 15) is 13.2 Å². The number of piperidine rings is 1. The van der Waals surface area contributed by atoms with Gasteiger partial charge in [0.2, 0.25) is 15.9 Å². The van der Waals surface area contributed by atoms with Gasteiger partial charge in [-0.1, -0.05) is 0 Å². The van der Waals surface area contributed by atoms with Gasteiger partial charge in [0.05, 0.1) is 6.26 Å². The van der Waals surface area contributed by atoms with E-state index < -0.39 is 10.0 Å². The highest BCUT2D eigenvalue weighted by molar-refractivity contribution is 7.88. The predicted octanol–water partition coefficient (Wildman–Crippen LogP) is -0.453. The van der Waals surface area contributed by atoms with Crippen LogP contribution in [0.2, 0.25) is 0 Å². The second kappa shape index (κ2) is 4.27. The molecule has 1 saturated heterocycles. The van der Waals surface area contributed by atoms with E-state index in [0.29, 0.717) is 13.1 Å². The Morgan fingerprint density at radius 1 is 1.50 bits per heavy atom. The Bertz CT molecular complexity index is 313. The smallest absolute Gasteiger partial charge is 0.217 e. The molecule has 0 aromatic heterocycles. The van der Waals surface area contributed by atoms with Gasteiger partial charge in [-0.15, -0.1) is 0 Å². The lowest BCUT2D eigenvalue weighted by atomic mass is 10.1. The van der Waals surface area contributed by atoms with E-state index in [1.165, 1.54) is 17.5 Å². The molecule has 82 valence electrons. The summed E-state index contributed by atoms with van der Waals surface area (Å²) < 4.78 is 23.9. The van der Waals surface area contributed by atoms with Gasteiger partial charge >= 0.3 is 0 Å². The van der Waals surface area contributed by atoms with Crippen LogP contribution < -0.4 is 5.32 Å². The van der Waals surface area contributed by atoms with Gasteiger partial charge in [0, 0.05) is 26.1 Å². The number of amides is 1. The van der Waals surface area contributed by atoms with Gasteiger partial charge in [0.25, 0.3) is 0 Å². The van der Waals surface area contributed by atoms with E-state index in [4.69, 9.17) is 0 Å². The minimum absolute atomic E-state index is 0.0315. The van der Waals surface area contributed by atoms with Gasteiger partial charge < -0.3 is 5.32 Å². The number of hydrogen-bond donors (Lipinski definition) is 1. The molecule has 5 nitrogen and oxygen atoms in total. The maximum atomic E-state index is 11.2. The van der Waals surface area contributed by atoms with Crippen molar-refractivity contribution in [1.29, 1.82) is 0 Å². The lowest BCUT2D eigenvalue weighted by molar-refractivity contribution is -0.119. The van der Waals surface area contributed by atoms with Crippen LogP contribution in [-0.2, 0) is 14.8 Å². The summed E-state index contributed by atoms with van der Waals surface area (Å²) >= 11 is 0. The Morgan fingerprint density at radius 3 is 2.64 bits per heavy atom. The van der Waals surface area contributed by atoms with E-state index in [1.54, 1.807) is 0 Å². The molecule has 0 radical (unpaired) electrons. The summed E-state index contributed by atoms with van der Waals surface area (Å²) in [5.74, 6) is -0.106. The maximum Gasteiger partial charge on any atom is 0.217 e. The maximum absolute atomic E-state index is 11.2. The topological polar surface area (TPSA) is 66.5 Å². The van der Waals surface area contributed by atoms with E-state index in [-0.39, 0.29) is 11.9 Å². The number of carbonyl (C=O) groups is 1. The fourth-order valence-electron chi connectivity index (χ4n) is 1.65. The average Bonchev–Trinajstić information content (AvgIpc) is 2.01. The van der Waals surface area contributed by atoms with E-state index in [1.807, 2.05) is 0 Å². The quantitative estimate of drug-likeness (QED) is 0.685. The molecule has 1 aliphatic heterocycles. The summed E-state index contributed by atoms with van der Waals surface area (Å²) in [4.78, 5) is 10.8. The van der Waals surface area contributed by atoms with Crippen molar-refractivity contribution < 1.29 is 13.2 Å². The number of nitrogens with one attached hydrogen (secondary N) is 1. The van der Waals surface area contributed by atoms with Gasteiger partial charge in [-0.2, -0.15) is 0 Å². The number of rotatable bonds is 2. The van der Waals surface area contributed by atoms with Crippen molar-refractivity contribution in [2.24, 2.45) is 0 Å². The van der Waals surface area contributed by atoms with E-state index >= 15 is 0 Å². The molecule has 0 spiro atoms. The first-order valence-corrected chi connectivity index (χ1v) is 6.46. The van der Waals surface area contributed by atoms with Crippen molar-refractivity contribution in [2.75, 3.05) is 19.3 Å². The van der Waals surface area contributed by atoms with Crippen molar-refractivity contribution in [2.45, 2.75) is 25.8 Å². The summed E-state index contributed by atoms with van der Waals surface area (Å²) in [6, 6.07) is -0.0315. The van der Waals surface area contributed by atoms with Crippen molar-refractivity contribution in [3.63, 3.8) is 0 Å². The van der Waals surface area contributed by atoms with Crippen LogP contribution >= 0.6 is 0 Å². The standard InChI is InChI=1S/C8H16N2O3S/c1-7(11)9-8-4-3-5-10(6-8)14(2,12)13/h8H,3-6H2,1-2H3,(H,9,11). The normalized spacial score (nSPS) is 24.6. The second-order valence-electron chi connectivity index (χ2n) is 3.66. The summed E-state index contributed by atoms with van der Waals surface area (Å²) in [7, 11) is -3.11. The number of hydrogen-bond acceptors (Lipinski definition) is 3. The first-order chi connectivity index (χ1) is 6.39. The SMILES string of the molecule is CC(=O)NC1CCCN(S(C)(=O)=O)C1. The zero-order valence-electron chi connectivity index (χ0n) is 8.49. The largest absolute Gasteiger partial charge is 0.352 e. The molecule has 1 atom stereocenters. The molecule has 1 N–H and O–H groups in total. The molecular weight excluding hydrogens is 204 g/mol. The average molecular weight is 220 g/mol. The molecule has 0 bridgehead atoms. The molecule has 0 aliphatic carbocycles. The monoisotopic (exact) mass is 220 g/mol. The van der Waals surface area contributed by atoms with Crippen LogP contribution in [0.1, 0.15) is 19.8 Å². The van der Waals surface area contributed by atoms with E-state index in [2.05, 4.69) is 5.32 Å². The van der Waals surface area contributed by atoms with Crippen LogP contribution in [0.4, 0.5) is 0 Å². The van der Waals surface area contributed by atoms with Gasteiger partial charge in [0.1, 0.15) is 0 Å². The molecular formula is C8H16N2O3S. The molecule has 1 rings (SSSR count). The van der Waals surface area contributed by atoms with Crippen molar-refractivity contribution >= 4 is 15.9 Å². The molecule has 1 unspecified atom stereocenters. The minimum Gasteiger partial charge on any atom is -0.352 e. The van der Waals surface area contributed by atoms with Gasteiger partial charge in [0.15, 0.2) is 0 Å². The van der Waals surface area contributed by atoms with Crippen LogP contribution in [0.5, 0.6) is 0 Å². The fraction of sp³-hybridized carbons (Fsp3) is 0.875. The Kier molecular flexibility index (Phi) is 3.49. The summed E-state index contributed by atoms with van der Waals surface area (Å²) in [5.41, 5.74) is 0.